The Morgan fingerprint density at radius 1 is 0.222 bits per heavy atom. The van der Waals surface area contributed by atoms with Gasteiger partial charge in [0.2, 0.25) is 5.89 Å². The second-order valence-corrected chi connectivity index (χ2v) is 43.7. The molecule has 23 aromatic carbocycles. The lowest BCUT2D eigenvalue weighted by Crippen LogP contribution is -2.10. The fourth-order valence-corrected chi connectivity index (χ4v) is 23.6. The minimum atomic E-state index is 0.0663. The molecule has 28 rings (SSSR count). The quantitative estimate of drug-likeness (QED) is 0.114. The maximum Gasteiger partial charge on any atom is 0.227 e. The van der Waals surface area contributed by atoms with Gasteiger partial charge in [-0.15, -0.1) is 22.7 Å². The molecule has 5 aromatic heterocycles. The molecule has 0 unspecified atom stereocenters. The van der Waals surface area contributed by atoms with Crippen molar-refractivity contribution in [3.05, 3.63) is 454 Å². The molecule has 28 aromatic rings. The van der Waals surface area contributed by atoms with Crippen molar-refractivity contribution in [1.82, 2.24) is 24.3 Å². The maximum absolute atomic E-state index is 6.09. The van der Waals surface area contributed by atoms with Gasteiger partial charge >= 0.3 is 0 Å². The standard InChI is InChI=1S/C46H32N2S2.C45H34N2.C45H33NO/c1-46(2,3)33-24-31-20-22-34-36(27-12-16-29(17-13-27)44-47-38-8-4-6-10-40(38)49-44)26-37(35-23-21-32(25-33)42(31)43(34)35)28-14-18-30(19-15-28)45-48-39-9-5-7-11-41(39)50-45;1-45(2,3)36-25-34-20-22-37-39(31-14-12-30(13-15-31)29-9-5-4-6-10-29)27-40(38-23-21-35(26-36)43(34)44(37)38)32-16-18-33(19-17-32)41-28-47-24-8-7-11-42(47)46-41;1-45(2,3)35-25-33-21-23-36-38(30-15-13-29(14-16-30)28-9-5-4-6-10-28)27-39(37-24-22-34(26-35)42(33)43(36)37)31-17-19-32(20-18-31)44-46-40-11-7-8-12-41(40)47-44/h4-26H,1-3H3;4-28H,1-3H3;4-27H,1-3H3. The maximum atomic E-state index is 6.09. The van der Waals surface area contributed by atoms with Crippen LogP contribution in [-0.2, 0) is 16.2 Å². The van der Waals surface area contributed by atoms with Gasteiger partial charge in [0.1, 0.15) is 21.2 Å². The van der Waals surface area contributed by atoms with E-state index in [0.29, 0.717) is 5.89 Å². The van der Waals surface area contributed by atoms with Gasteiger partial charge < -0.3 is 8.82 Å². The lowest BCUT2D eigenvalue weighted by Gasteiger charge is -2.23. The van der Waals surface area contributed by atoms with E-state index in [4.69, 9.17) is 24.4 Å². The third-order valence-electron chi connectivity index (χ3n) is 29.4. The largest absolute Gasteiger partial charge is 0.436 e. The van der Waals surface area contributed by atoms with Crippen LogP contribution in [0.5, 0.6) is 0 Å². The van der Waals surface area contributed by atoms with Gasteiger partial charge in [-0.25, -0.2) is 19.9 Å². The summed E-state index contributed by atoms with van der Waals surface area (Å²) in [6.07, 6.45) is 4.15. The van der Waals surface area contributed by atoms with Crippen molar-refractivity contribution < 1.29 is 4.42 Å². The number of benzene rings is 23. The van der Waals surface area contributed by atoms with Crippen LogP contribution in [0.15, 0.2) is 441 Å². The van der Waals surface area contributed by atoms with E-state index in [2.05, 4.69) is 455 Å². The van der Waals surface area contributed by atoms with Gasteiger partial charge in [-0.1, -0.05) is 408 Å². The SMILES string of the molecule is CC(C)(C)c1cc2ccc3c(-c4ccc(-c5ccccc5)cc4)cc(-c4ccc(-c5cn6ccccc6n5)cc4)c4ccc(c1)c2c34.CC(C)(C)c1cc2ccc3c(-c4ccc(-c5ccccc5)cc4)cc(-c4ccc(-c5nc6ccccc6o5)cc4)c4ccc(c1)c2c34.CC(C)(C)c1cc2ccc3c(-c4ccc(-c5nc6ccccc6s5)cc4)cc(-c4ccc(-c5nc6ccccc6s5)cc4)c4ccc(c1)c2c34. The molecule has 144 heavy (non-hydrogen) atoms. The van der Waals surface area contributed by atoms with Gasteiger partial charge in [0, 0.05) is 34.6 Å². The van der Waals surface area contributed by atoms with Crippen molar-refractivity contribution in [2.45, 2.75) is 78.6 Å². The minimum Gasteiger partial charge on any atom is -0.436 e. The third kappa shape index (κ3) is 15.6. The summed E-state index contributed by atoms with van der Waals surface area (Å²) in [5.74, 6) is 0.641. The highest BCUT2D eigenvalue weighted by Gasteiger charge is 2.27. The molecule has 5 heterocycles. The third-order valence-corrected chi connectivity index (χ3v) is 31.6. The van der Waals surface area contributed by atoms with Crippen LogP contribution >= 0.6 is 22.7 Å². The summed E-state index contributed by atoms with van der Waals surface area (Å²) < 4.78 is 10.6. The summed E-state index contributed by atoms with van der Waals surface area (Å²) in [7, 11) is 0. The van der Waals surface area contributed by atoms with Gasteiger partial charge in [-0.3, -0.25) is 0 Å². The van der Waals surface area contributed by atoms with Crippen molar-refractivity contribution in [3.8, 4) is 133 Å². The lowest BCUT2D eigenvalue weighted by atomic mass is 9.81. The number of thiazole rings is 2. The molecule has 0 aliphatic rings. The first kappa shape index (κ1) is 87.4. The van der Waals surface area contributed by atoms with Crippen LogP contribution in [0.2, 0.25) is 0 Å². The Morgan fingerprint density at radius 3 is 0.833 bits per heavy atom. The summed E-state index contributed by atoms with van der Waals surface area (Å²) in [5, 5.41) is 25.6. The van der Waals surface area contributed by atoms with Crippen LogP contribution in [0.25, 0.3) is 267 Å². The van der Waals surface area contributed by atoms with Crippen LogP contribution in [0.1, 0.15) is 79.0 Å². The number of nitrogens with zero attached hydrogens (tertiary/aromatic N) is 5. The lowest BCUT2D eigenvalue weighted by molar-refractivity contribution is 0.591. The molecule has 0 saturated carbocycles. The minimum absolute atomic E-state index is 0.0663. The molecule has 0 bridgehead atoms. The first-order chi connectivity index (χ1) is 70.2. The molecule has 8 heteroatoms. The fourth-order valence-electron chi connectivity index (χ4n) is 21.7. The topological polar surface area (TPSA) is 69.1 Å². The molecule has 0 saturated heterocycles. The Labute approximate surface area is 844 Å². The Hall–Kier alpha value is -16.9. The highest BCUT2D eigenvalue weighted by molar-refractivity contribution is 7.22. The summed E-state index contributed by atoms with van der Waals surface area (Å²) in [6.45, 7) is 20.7. The van der Waals surface area contributed by atoms with E-state index in [9.17, 15) is 0 Å². The number of fused-ring (bicyclic) bond motifs is 4. The van der Waals surface area contributed by atoms with Gasteiger partial charge in [0.15, 0.2) is 5.58 Å². The van der Waals surface area contributed by atoms with E-state index in [1.807, 2.05) is 48.7 Å². The molecule has 0 N–H and O–H groups in total. The fraction of sp³-hybridized carbons (Fsp3) is 0.0882. The molecule has 0 aliphatic carbocycles. The van der Waals surface area contributed by atoms with Crippen LogP contribution < -0.4 is 0 Å². The van der Waals surface area contributed by atoms with Crippen molar-refractivity contribution in [2.75, 3.05) is 0 Å². The number of pyridine rings is 1. The second kappa shape index (κ2) is 34.5. The Kier molecular flexibility index (Phi) is 21.0. The summed E-state index contributed by atoms with van der Waals surface area (Å²) in [5.41, 5.74) is 33.9. The predicted molar refractivity (Wildman–Crippen MR) is 614 cm³/mol. The molecule has 0 atom stereocenters. The van der Waals surface area contributed by atoms with Crippen molar-refractivity contribution >= 4 is 157 Å². The molecule has 0 spiro atoms. The predicted octanol–water partition coefficient (Wildman–Crippen LogP) is 38.7. The zero-order chi connectivity index (χ0) is 97.0. The number of hydrogen-bond donors (Lipinski definition) is 0. The first-order valence-electron chi connectivity index (χ1n) is 49.7. The van der Waals surface area contributed by atoms with E-state index in [-0.39, 0.29) is 16.2 Å². The first-order valence-corrected chi connectivity index (χ1v) is 51.4. The zero-order valence-corrected chi connectivity index (χ0v) is 83.2. The van der Waals surface area contributed by atoms with Crippen molar-refractivity contribution in [2.24, 2.45) is 0 Å². The summed E-state index contributed by atoms with van der Waals surface area (Å²) in [4.78, 5) is 19.4. The molecule has 686 valence electrons. The van der Waals surface area contributed by atoms with Crippen LogP contribution in [0.3, 0.4) is 0 Å². The van der Waals surface area contributed by atoms with Gasteiger partial charge in [0.25, 0.3) is 0 Å². The van der Waals surface area contributed by atoms with E-state index >= 15 is 0 Å². The van der Waals surface area contributed by atoms with Crippen molar-refractivity contribution in [1.29, 1.82) is 0 Å². The normalized spacial score (nSPS) is 12.2. The number of hydrogen-bond acceptors (Lipinski definition) is 7. The molecular formula is C136H99N5OS2. The van der Waals surface area contributed by atoms with Gasteiger partial charge in [-0.05, 0) is 298 Å². The zero-order valence-electron chi connectivity index (χ0n) is 81.5. The molecule has 0 aliphatic heterocycles. The van der Waals surface area contributed by atoms with Gasteiger partial charge in [-0.2, -0.15) is 0 Å². The van der Waals surface area contributed by atoms with Crippen LogP contribution in [0.4, 0.5) is 0 Å². The number of rotatable bonds is 12. The number of imidazole rings is 1. The number of para-hydroxylation sites is 4. The van der Waals surface area contributed by atoms with Crippen LogP contribution in [-0.4, -0.2) is 24.3 Å². The molecule has 0 radical (unpaired) electrons. The van der Waals surface area contributed by atoms with E-state index in [0.717, 1.165) is 65.7 Å². The molecule has 0 fully saturated rings. The smallest absolute Gasteiger partial charge is 0.227 e. The highest BCUT2D eigenvalue weighted by atomic mass is 32.1. The van der Waals surface area contributed by atoms with E-state index in [1.54, 1.807) is 22.7 Å². The summed E-state index contributed by atoms with van der Waals surface area (Å²) in [6, 6.07) is 155. The molecule has 0 amide bonds. The monoisotopic (exact) mass is 1880 g/mol. The molecular weight excluding hydrogens is 1780 g/mol. The Morgan fingerprint density at radius 2 is 0.507 bits per heavy atom. The highest BCUT2D eigenvalue weighted by Crippen LogP contribution is 2.52. The second-order valence-electron chi connectivity index (χ2n) is 41.6. The van der Waals surface area contributed by atoms with Crippen LogP contribution in [0, 0.1) is 0 Å². The van der Waals surface area contributed by atoms with Gasteiger partial charge in [0.05, 0.1) is 26.1 Å². The Balaban J connectivity index is 0.000000110. The number of aromatic nitrogens is 5. The number of oxazole rings is 1. The summed E-state index contributed by atoms with van der Waals surface area (Å²) >= 11 is 3.50. The average molecular weight is 1880 g/mol. The molecule has 6 nitrogen and oxygen atoms in total. The average Bonchev–Trinajstić information content (AvgIpc) is 0.741. The van der Waals surface area contributed by atoms with E-state index in [1.165, 1.54) is 212 Å². The van der Waals surface area contributed by atoms with Crippen molar-refractivity contribution in [3.63, 3.8) is 0 Å². The van der Waals surface area contributed by atoms with E-state index < -0.39 is 0 Å². The Bertz CT molecular complexity index is 9100.